The van der Waals surface area contributed by atoms with Crippen LogP contribution in [0.2, 0.25) is 0 Å². The van der Waals surface area contributed by atoms with Crippen LogP contribution in [0.4, 0.5) is 0 Å². The van der Waals surface area contributed by atoms with E-state index >= 15 is 0 Å². The van der Waals surface area contributed by atoms with Gasteiger partial charge in [0, 0.05) is 16.3 Å². The third kappa shape index (κ3) is 3.82. The molecule has 29 heavy (non-hydrogen) atoms. The van der Waals surface area contributed by atoms with Gasteiger partial charge in [-0.15, -0.1) is 11.3 Å². The monoisotopic (exact) mass is 400 g/mol. The second-order valence-electron chi connectivity index (χ2n) is 6.16. The number of nitriles is 1. The molecule has 4 aromatic rings. The predicted molar refractivity (Wildman–Crippen MR) is 115 cm³/mol. The summed E-state index contributed by atoms with van der Waals surface area (Å²) in [7, 11) is 0. The lowest BCUT2D eigenvalue weighted by Gasteiger charge is -2.06. The maximum Gasteiger partial charge on any atom is 0.345 e. The highest BCUT2D eigenvalue weighted by molar-refractivity contribution is 7.11. The number of nitrogens with zero attached hydrogens (tertiary/aromatic N) is 2. The third-order valence-corrected chi connectivity index (χ3v) is 5.17. The SMILES string of the molecule is CCOc1ccccc1C=C(C#N)c1nc(-c2cc3ccccc3oc2=O)cs1. The largest absolute Gasteiger partial charge is 0.493 e. The molecule has 2 aromatic carbocycles. The molecule has 2 aromatic heterocycles. The van der Waals surface area contributed by atoms with E-state index in [0.717, 1.165) is 10.9 Å². The summed E-state index contributed by atoms with van der Waals surface area (Å²) in [5.41, 5.74) is 2.14. The zero-order valence-electron chi connectivity index (χ0n) is 15.6. The molecule has 2 heterocycles. The van der Waals surface area contributed by atoms with Crippen LogP contribution in [0.3, 0.4) is 0 Å². The summed E-state index contributed by atoms with van der Waals surface area (Å²) >= 11 is 1.31. The summed E-state index contributed by atoms with van der Waals surface area (Å²) in [4.78, 5) is 16.9. The van der Waals surface area contributed by atoms with Gasteiger partial charge in [0.15, 0.2) is 0 Å². The van der Waals surface area contributed by atoms with Crippen molar-refractivity contribution >= 4 is 34.0 Å². The first-order valence-electron chi connectivity index (χ1n) is 9.02. The lowest BCUT2D eigenvalue weighted by Crippen LogP contribution is -2.02. The second kappa shape index (κ2) is 8.13. The average molecular weight is 400 g/mol. The summed E-state index contributed by atoms with van der Waals surface area (Å²) in [6.45, 7) is 2.44. The molecule has 0 aliphatic heterocycles. The number of aromatic nitrogens is 1. The van der Waals surface area contributed by atoms with Crippen LogP contribution in [0, 0.1) is 11.3 Å². The standard InChI is InChI=1S/C23H16N2O3S/c1-2-27-20-9-5-3-7-15(20)11-17(13-24)22-25-19(14-29-22)18-12-16-8-4-6-10-21(16)28-23(18)26/h3-12,14H,2H2,1H3. The van der Waals surface area contributed by atoms with Crippen molar-refractivity contribution in [3.8, 4) is 23.1 Å². The molecule has 0 amide bonds. The zero-order valence-corrected chi connectivity index (χ0v) is 16.4. The first-order chi connectivity index (χ1) is 14.2. The summed E-state index contributed by atoms with van der Waals surface area (Å²) in [5, 5.41) is 12.8. The first kappa shape index (κ1) is 18.7. The molecule has 4 rings (SSSR count). The first-order valence-corrected chi connectivity index (χ1v) is 9.90. The van der Waals surface area contributed by atoms with Crippen LogP contribution < -0.4 is 10.4 Å². The van der Waals surface area contributed by atoms with Crippen molar-refractivity contribution in [3.63, 3.8) is 0 Å². The van der Waals surface area contributed by atoms with Crippen molar-refractivity contribution in [3.05, 3.63) is 81.0 Å². The Morgan fingerprint density at radius 1 is 1.24 bits per heavy atom. The minimum absolute atomic E-state index is 0.373. The summed E-state index contributed by atoms with van der Waals surface area (Å²) in [6, 6.07) is 18.8. The fraction of sp³-hybridized carbons (Fsp3) is 0.0870. The smallest absolute Gasteiger partial charge is 0.345 e. The van der Waals surface area contributed by atoms with Crippen LogP contribution in [-0.4, -0.2) is 11.6 Å². The van der Waals surface area contributed by atoms with E-state index in [9.17, 15) is 10.1 Å². The Hall–Kier alpha value is -3.69. The number of rotatable bonds is 5. The van der Waals surface area contributed by atoms with E-state index in [4.69, 9.17) is 9.15 Å². The predicted octanol–water partition coefficient (Wildman–Crippen LogP) is 5.38. The normalized spacial score (nSPS) is 11.4. The Bertz CT molecular complexity index is 1310. The molecule has 0 spiro atoms. The van der Waals surface area contributed by atoms with E-state index in [-0.39, 0.29) is 0 Å². The van der Waals surface area contributed by atoms with E-state index in [0.29, 0.717) is 39.8 Å². The number of para-hydroxylation sites is 2. The lowest BCUT2D eigenvalue weighted by molar-refractivity contribution is 0.339. The fourth-order valence-corrected chi connectivity index (χ4v) is 3.73. The Kier molecular flexibility index (Phi) is 5.23. The van der Waals surface area contributed by atoms with Gasteiger partial charge < -0.3 is 9.15 Å². The van der Waals surface area contributed by atoms with Crippen LogP contribution in [0.5, 0.6) is 5.75 Å². The Morgan fingerprint density at radius 2 is 2.03 bits per heavy atom. The molecule has 6 heteroatoms. The van der Waals surface area contributed by atoms with Crippen molar-refractivity contribution in [2.24, 2.45) is 0 Å². The molecule has 0 aliphatic rings. The molecule has 0 atom stereocenters. The molecule has 0 aliphatic carbocycles. The molecular formula is C23H16N2O3S. The maximum atomic E-state index is 12.4. The van der Waals surface area contributed by atoms with Gasteiger partial charge in [-0.25, -0.2) is 9.78 Å². The number of fused-ring (bicyclic) bond motifs is 1. The van der Waals surface area contributed by atoms with Crippen LogP contribution in [0.15, 0.2) is 69.2 Å². The Labute approximate surface area is 171 Å². The van der Waals surface area contributed by atoms with Gasteiger partial charge in [-0.2, -0.15) is 5.26 Å². The molecule has 5 nitrogen and oxygen atoms in total. The van der Waals surface area contributed by atoms with Crippen molar-refractivity contribution in [2.45, 2.75) is 6.92 Å². The number of hydrogen-bond donors (Lipinski definition) is 0. The van der Waals surface area contributed by atoms with Crippen LogP contribution >= 0.6 is 11.3 Å². The van der Waals surface area contributed by atoms with Gasteiger partial charge in [-0.3, -0.25) is 0 Å². The van der Waals surface area contributed by atoms with Gasteiger partial charge >= 0.3 is 5.63 Å². The third-order valence-electron chi connectivity index (χ3n) is 4.29. The van der Waals surface area contributed by atoms with Crippen molar-refractivity contribution in [1.29, 1.82) is 5.26 Å². The van der Waals surface area contributed by atoms with Gasteiger partial charge in [-0.1, -0.05) is 36.4 Å². The van der Waals surface area contributed by atoms with E-state index in [1.54, 1.807) is 23.6 Å². The topological polar surface area (TPSA) is 76.1 Å². The van der Waals surface area contributed by atoms with Crippen molar-refractivity contribution < 1.29 is 9.15 Å². The molecule has 0 fully saturated rings. The fourth-order valence-electron chi connectivity index (χ4n) is 2.95. The van der Waals surface area contributed by atoms with E-state index < -0.39 is 5.63 Å². The molecule has 0 N–H and O–H groups in total. The second-order valence-corrected chi connectivity index (χ2v) is 7.02. The molecule has 0 unspecified atom stereocenters. The molecule has 0 bridgehead atoms. The number of hydrogen-bond acceptors (Lipinski definition) is 6. The van der Waals surface area contributed by atoms with E-state index in [1.807, 2.05) is 49.4 Å². The highest BCUT2D eigenvalue weighted by Crippen LogP contribution is 2.29. The van der Waals surface area contributed by atoms with E-state index in [2.05, 4.69) is 11.1 Å². The summed E-state index contributed by atoms with van der Waals surface area (Å²) in [5.74, 6) is 0.703. The van der Waals surface area contributed by atoms with Gasteiger partial charge in [-0.05, 0) is 31.2 Å². The number of benzene rings is 2. The van der Waals surface area contributed by atoms with Crippen LogP contribution in [0.1, 0.15) is 17.5 Å². The molecular weight excluding hydrogens is 384 g/mol. The number of ether oxygens (including phenoxy) is 1. The van der Waals surface area contributed by atoms with E-state index in [1.165, 1.54) is 11.3 Å². The highest BCUT2D eigenvalue weighted by Gasteiger charge is 2.14. The van der Waals surface area contributed by atoms with Gasteiger partial charge in [0.05, 0.1) is 23.4 Å². The summed E-state index contributed by atoms with van der Waals surface area (Å²) in [6.07, 6.45) is 1.75. The van der Waals surface area contributed by atoms with Gasteiger partial charge in [0.25, 0.3) is 0 Å². The highest BCUT2D eigenvalue weighted by atomic mass is 32.1. The quantitative estimate of drug-likeness (QED) is 0.332. The lowest BCUT2D eigenvalue weighted by atomic mass is 10.1. The van der Waals surface area contributed by atoms with Gasteiger partial charge in [0.1, 0.15) is 22.4 Å². The number of allylic oxidation sites excluding steroid dienone is 1. The average Bonchev–Trinajstić information content (AvgIpc) is 3.22. The van der Waals surface area contributed by atoms with Crippen LogP contribution in [0.25, 0.3) is 33.9 Å². The van der Waals surface area contributed by atoms with Crippen molar-refractivity contribution in [2.75, 3.05) is 6.61 Å². The molecule has 0 saturated heterocycles. The van der Waals surface area contributed by atoms with Crippen LogP contribution in [-0.2, 0) is 0 Å². The molecule has 0 radical (unpaired) electrons. The zero-order chi connectivity index (χ0) is 20.2. The molecule has 0 saturated carbocycles. The maximum absolute atomic E-state index is 12.4. The number of thiazole rings is 1. The molecule has 142 valence electrons. The Balaban J connectivity index is 1.74. The van der Waals surface area contributed by atoms with Crippen molar-refractivity contribution in [1.82, 2.24) is 4.98 Å². The summed E-state index contributed by atoms with van der Waals surface area (Å²) < 4.78 is 11.0. The van der Waals surface area contributed by atoms with Gasteiger partial charge in [0.2, 0.25) is 0 Å². The Morgan fingerprint density at radius 3 is 2.86 bits per heavy atom. The minimum Gasteiger partial charge on any atom is -0.493 e. The minimum atomic E-state index is -0.454.